The van der Waals surface area contributed by atoms with Gasteiger partial charge in [-0.15, -0.1) is 0 Å². The van der Waals surface area contributed by atoms with E-state index in [4.69, 9.17) is 9.97 Å². The van der Waals surface area contributed by atoms with E-state index < -0.39 is 0 Å². The molecular weight excluding hydrogens is 512 g/mol. The van der Waals surface area contributed by atoms with Gasteiger partial charge in [-0.3, -0.25) is 4.57 Å². The van der Waals surface area contributed by atoms with E-state index in [0.29, 0.717) is 5.95 Å². The Labute approximate surface area is 241 Å². The molecule has 0 unspecified atom stereocenters. The van der Waals surface area contributed by atoms with Crippen molar-refractivity contribution in [2.24, 2.45) is 0 Å². The molecule has 0 bridgehead atoms. The van der Waals surface area contributed by atoms with E-state index in [2.05, 4.69) is 124 Å². The van der Waals surface area contributed by atoms with Crippen LogP contribution in [0.5, 0.6) is 0 Å². The molecule has 0 aliphatic carbocycles. The van der Waals surface area contributed by atoms with Gasteiger partial charge in [0.05, 0.1) is 22.1 Å². The van der Waals surface area contributed by atoms with E-state index >= 15 is 0 Å². The van der Waals surface area contributed by atoms with Gasteiger partial charge >= 0.3 is 0 Å². The lowest BCUT2D eigenvalue weighted by molar-refractivity contribution is 0.992. The molecule has 0 saturated carbocycles. The molecule has 0 aliphatic rings. The maximum absolute atomic E-state index is 4.91. The fraction of sp³-hybridized carbons (Fsp3) is 0. The minimum absolute atomic E-state index is 0.664. The van der Waals surface area contributed by atoms with Crippen molar-refractivity contribution in [3.8, 4) is 22.8 Å². The van der Waals surface area contributed by atoms with Gasteiger partial charge in [-0.1, -0.05) is 109 Å². The highest BCUT2D eigenvalue weighted by molar-refractivity contribution is 6.26. The summed E-state index contributed by atoms with van der Waals surface area (Å²) < 4.78 is 4.63. The highest BCUT2D eigenvalue weighted by atomic mass is 15.1. The Hall–Kier alpha value is -5.74. The average Bonchev–Trinajstić information content (AvgIpc) is 3.59. The van der Waals surface area contributed by atoms with Crippen molar-refractivity contribution in [1.29, 1.82) is 0 Å². The summed E-state index contributed by atoms with van der Waals surface area (Å²) in [4.78, 5) is 9.83. The quantitative estimate of drug-likeness (QED) is 0.225. The second-order valence-corrected chi connectivity index (χ2v) is 10.7. The Bertz CT molecular complexity index is 2430. The molecule has 0 amide bonds. The molecule has 0 aliphatic heterocycles. The molecule has 42 heavy (non-hydrogen) atoms. The summed E-state index contributed by atoms with van der Waals surface area (Å²) >= 11 is 0. The van der Waals surface area contributed by atoms with Gasteiger partial charge in [0.25, 0.3) is 0 Å². The van der Waals surface area contributed by atoms with E-state index in [1.807, 2.05) is 30.6 Å². The Balaban J connectivity index is 1.40. The van der Waals surface area contributed by atoms with Crippen LogP contribution >= 0.6 is 0 Å². The Morgan fingerprint density at radius 2 is 0.810 bits per heavy atom. The number of nitrogens with zero attached hydrogens (tertiary/aromatic N) is 4. The highest BCUT2D eigenvalue weighted by Crippen LogP contribution is 2.41. The van der Waals surface area contributed by atoms with Crippen LogP contribution < -0.4 is 0 Å². The molecule has 0 radical (unpaired) electrons. The summed E-state index contributed by atoms with van der Waals surface area (Å²) in [5.41, 5.74) is 7.87. The summed E-state index contributed by atoms with van der Waals surface area (Å²) in [6.45, 7) is 0. The summed E-state index contributed by atoms with van der Waals surface area (Å²) in [6, 6.07) is 47.2. The molecule has 196 valence electrons. The Morgan fingerprint density at radius 1 is 0.357 bits per heavy atom. The van der Waals surface area contributed by atoms with Crippen LogP contribution in [0.4, 0.5) is 0 Å². The minimum Gasteiger partial charge on any atom is -0.309 e. The van der Waals surface area contributed by atoms with E-state index in [9.17, 15) is 0 Å². The predicted octanol–water partition coefficient (Wildman–Crippen LogP) is 9.49. The molecule has 0 spiro atoms. The number of benzene rings is 6. The predicted molar refractivity (Wildman–Crippen MR) is 174 cm³/mol. The molecule has 4 nitrogen and oxygen atoms in total. The number of hydrogen-bond donors (Lipinski definition) is 0. The first-order chi connectivity index (χ1) is 20.9. The van der Waals surface area contributed by atoms with Gasteiger partial charge in [-0.2, -0.15) is 0 Å². The van der Waals surface area contributed by atoms with Crippen LogP contribution in [0.1, 0.15) is 0 Å². The van der Waals surface area contributed by atoms with E-state index in [0.717, 1.165) is 27.8 Å². The summed E-state index contributed by atoms with van der Waals surface area (Å²) in [6.07, 6.45) is 3.85. The molecule has 3 heterocycles. The number of rotatable bonds is 3. The van der Waals surface area contributed by atoms with Crippen molar-refractivity contribution in [1.82, 2.24) is 19.1 Å². The lowest BCUT2D eigenvalue weighted by Crippen LogP contribution is -2.01. The van der Waals surface area contributed by atoms with Crippen molar-refractivity contribution in [2.75, 3.05) is 0 Å². The standard InChI is InChI=1S/C38H24N4/c1-3-11-25(12-4-1)26-23-39-38(40-24-26)42-35-18-10-8-16-29(35)31-20-21-32-33(37(31)42)22-19-30-28-15-7-9-17-34(28)41(36(30)32)27-13-5-2-6-14-27/h1-24H. The first kappa shape index (κ1) is 23.0. The van der Waals surface area contributed by atoms with Crippen LogP contribution in [0, 0.1) is 0 Å². The SMILES string of the molecule is c1ccc(-c2cnc(-n3c4ccccc4c4ccc5c(ccc6c7ccccc7n(-c7ccccc7)c65)c43)nc2)cc1. The largest absolute Gasteiger partial charge is 0.309 e. The second kappa shape index (κ2) is 8.88. The maximum atomic E-state index is 4.91. The molecule has 0 atom stereocenters. The van der Waals surface area contributed by atoms with Gasteiger partial charge in [0.2, 0.25) is 5.95 Å². The van der Waals surface area contributed by atoms with Crippen molar-refractivity contribution >= 4 is 54.4 Å². The number of hydrogen-bond acceptors (Lipinski definition) is 2. The third-order valence-electron chi connectivity index (χ3n) is 8.42. The maximum Gasteiger partial charge on any atom is 0.234 e. The first-order valence-electron chi connectivity index (χ1n) is 14.2. The topological polar surface area (TPSA) is 35.6 Å². The van der Waals surface area contributed by atoms with E-state index in [-0.39, 0.29) is 0 Å². The number of para-hydroxylation sites is 3. The van der Waals surface area contributed by atoms with Gasteiger partial charge in [0.15, 0.2) is 0 Å². The fourth-order valence-electron chi connectivity index (χ4n) is 6.59. The van der Waals surface area contributed by atoms with Gasteiger partial charge in [0.1, 0.15) is 0 Å². The molecule has 0 saturated heterocycles. The molecule has 6 aromatic carbocycles. The third-order valence-corrected chi connectivity index (χ3v) is 8.42. The fourth-order valence-corrected chi connectivity index (χ4v) is 6.59. The van der Waals surface area contributed by atoms with Crippen LogP contribution in [-0.2, 0) is 0 Å². The molecule has 9 rings (SSSR count). The monoisotopic (exact) mass is 536 g/mol. The van der Waals surface area contributed by atoms with Crippen LogP contribution in [0.2, 0.25) is 0 Å². The molecule has 3 aromatic heterocycles. The average molecular weight is 537 g/mol. The number of aromatic nitrogens is 4. The molecule has 4 heteroatoms. The lowest BCUT2D eigenvalue weighted by Gasteiger charge is -2.12. The van der Waals surface area contributed by atoms with E-state index in [1.54, 1.807) is 0 Å². The summed E-state index contributed by atoms with van der Waals surface area (Å²) in [5, 5.41) is 7.24. The zero-order chi connectivity index (χ0) is 27.6. The molecule has 0 fully saturated rings. The van der Waals surface area contributed by atoms with Gasteiger partial charge in [0, 0.05) is 56.0 Å². The van der Waals surface area contributed by atoms with Crippen molar-refractivity contribution < 1.29 is 0 Å². The second-order valence-electron chi connectivity index (χ2n) is 10.7. The molecular formula is C38H24N4. The zero-order valence-corrected chi connectivity index (χ0v) is 22.6. The van der Waals surface area contributed by atoms with Crippen molar-refractivity contribution in [3.63, 3.8) is 0 Å². The van der Waals surface area contributed by atoms with Crippen LogP contribution in [-0.4, -0.2) is 19.1 Å². The normalized spacial score (nSPS) is 11.8. The lowest BCUT2D eigenvalue weighted by atomic mass is 10.0. The summed E-state index contributed by atoms with van der Waals surface area (Å²) in [5.74, 6) is 0.664. The summed E-state index contributed by atoms with van der Waals surface area (Å²) in [7, 11) is 0. The molecule has 0 N–H and O–H groups in total. The van der Waals surface area contributed by atoms with Crippen molar-refractivity contribution in [3.05, 3.63) is 146 Å². The molecule has 9 aromatic rings. The van der Waals surface area contributed by atoms with Crippen LogP contribution in [0.15, 0.2) is 146 Å². The number of fused-ring (bicyclic) bond motifs is 9. The van der Waals surface area contributed by atoms with Crippen molar-refractivity contribution in [2.45, 2.75) is 0 Å². The highest BCUT2D eigenvalue weighted by Gasteiger charge is 2.20. The third kappa shape index (κ3) is 3.23. The van der Waals surface area contributed by atoms with Crippen LogP contribution in [0.3, 0.4) is 0 Å². The van der Waals surface area contributed by atoms with E-state index in [1.165, 1.54) is 43.4 Å². The smallest absolute Gasteiger partial charge is 0.234 e. The van der Waals surface area contributed by atoms with Gasteiger partial charge in [-0.05, 0) is 29.8 Å². The van der Waals surface area contributed by atoms with Crippen LogP contribution in [0.25, 0.3) is 77.1 Å². The zero-order valence-electron chi connectivity index (χ0n) is 22.6. The minimum atomic E-state index is 0.664. The first-order valence-corrected chi connectivity index (χ1v) is 14.2. The Kier molecular flexibility index (Phi) is 4.87. The van der Waals surface area contributed by atoms with Gasteiger partial charge in [-0.25, -0.2) is 9.97 Å². The Morgan fingerprint density at radius 3 is 1.40 bits per heavy atom. The van der Waals surface area contributed by atoms with Gasteiger partial charge < -0.3 is 4.57 Å².